The summed E-state index contributed by atoms with van der Waals surface area (Å²) in [7, 11) is -4.00. The van der Waals surface area contributed by atoms with E-state index >= 15 is 0 Å². The summed E-state index contributed by atoms with van der Waals surface area (Å²) in [6.45, 7) is 4.10. The first kappa shape index (κ1) is 22.3. The predicted molar refractivity (Wildman–Crippen MR) is 109 cm³/mol. The van der Waals surface area contributed by atoms with Gasteiger partial charge in [-0.05, 0) is 29.7 Å². The number of benzene rings is 2. The minimum Gasteiger partial charge on any atom is -0.379 e. The van der Waals surface area contributed by atoms with Crippen molar-refractivity contribution in [3.63, 3.8) is 0 Å². The molecule has 162 valence electrons. The standard InChI is InChI=1S/C20H24FN3O5S/c1-2-15-5-8-18(24(25)26)13-20(15)30(27,28)22-14-19(23-9-11-29-12-10-23)16-3-6-17(21)7-4-16/h3-8,13,19,22H,2,9-12,14H2,1H3. The molecule has 1 heterocycles. The van der Waals surface area contributed by atoms with Gasteiger partial charge < -0.3 is 4.74 Å². The molecule has 10 heteroatoms. The lowest BCUT2D eigenvalue weighted by Crippen LogP contribution is -2.43. The number of halogens is 1. The molecule has 3 rings (SSSR count). The minimum absolute atomic E-state index is 0.0415. The molecule has 1 N–H and O–H groups in total. The summed E-state index contributed by atoms with van der Waals surface area (Å²) in [6.07, 6.45) is 0.416. The molecule has 8 nitrogen and oxygen atoms in total. The van der Waals surface area contributed by atoms with Gasteiger partial charge in [-0.15, -0.1) is 0 Å². The van der Waals surface area contributed by atoms with E-state index in [0.717, 1.165) is 11.6 Å². The van der Waals surface area contributed by atoms with Crippen molar-refractivity contribution < 1.29 is 22.5 Å². The van der Waals surface area contributed by atoms with Crippen LogP contribution in [0, 0.1) is 15.9 Å². The summed E-state index contributed by atoms with van der Waals surface area (Å²) >= 11 is 0. The molecule has 1 unspecified atom stereocenters. The Balaban J connectivity index is 1.87. The highest BCUT2D eigenvalue weighted by Crippen LogP contribution is 2.25. The lowest BCUT2D eigenvalue weighted by molar-refractivity contribution is -0.385. The van der Waals surface area contributed by atoms with E-state index in [1.54, 1.807) is 19.1 Å². The molecule has 1 aliphatic heterocycles. The van der Waals surface area contributed by atoms with Crippen molar-refractivity contribution in [1.82, 2.24) is 9.62 Å². The molecule has 1 fully saturated rings. The summed E-state index contributed by atoms with van der Waals surface area (Å²) in [4.78, 5) is 12.5. The van der Waals surface area contributed by atoms with Crippen LogP contribution in [-0.4, -0.2) is 51.1 Å². The van der Waals surface area contributed by atoms with Crippen molar-refractivity contribution in [3.05, 3.63) is 69.5 Å². The Kier molecular flexibility index (Phi) is 7.14. The van der Waals surface area contributed by atoms with E-state index in [9.17, 15) is 22.9 Å². The van der Waals surface area contributed by atoms with Gasteiger partial charge in [-0.25, -0.2) is 17.5 Å². The number of aryl methyl sites for hydroxylation is 1. The van der Waals surface area contributed by atoms with Crippen molar-refractivity contribution in [2.45, 2.75) is 24.3 Å². The maximum Gasteiger partial charge on any atom is 0.270 e. The maximum absolute atomic E-state index is 13.4. The second-order valence-electron chi connectivity index (χ2n) is 6.97. The number of rotatable bonds is 8. The molecule has 2 aromatic rings. The van der Waals surface area contributed by atoms with Crippen molar-refractivity contribution in [2.24, 2.45) is 0 Å². The quantitative estimate of drug-likeness (QED) is 0.503. The van der Waals surface area contributed by atoms with E-state index in [2.05, 4.69) is 9.62 Å². The Labute approximate surface area is 174 Å². The van der Waals surface area contributed by atoms with Crippen LogP contribution in [0.2, 0.25) is 0 Å². The molecular formula is C20H24FN3O5S. The fraction of sp³-hybridized carbons (Fsp3) is 0.400. The summed E-state index contributed by atoms with van der Waals surface area (Å²) < 4.78 is 47.4. The highest BCUT2D eigenvalue weighted by atomic mass is 32.2. The fourth-order valence-electron chi connectivity index (χ4n) is 3.50. The number of morpholine rings is 1. The van der Waals surface area contributed by atoms with E-state index in [1.807, 2.05) is 0 Å². The van der Waals surface area contributed by atoms with Crippen molar-refractivity contribution in [1.29, 1.82) is 0 Å². The van der Waals surface area contributed by atoms with Gasteiger partial charge in [0.1, 0.15) is 5.82 Å². The smallest absolute Gasteiger partial charge is 0.270 e. The Morgan fingerprint density at radius 2 is 1.87 bits per heavy atom. The third-order valence-electron chi connectivity index (χ3n) is 5.14. The number of ether oxygens (including phenoxy) is 1. The third-order valence-corrected chi connectivity index (χ3v) is 6.65. The molecule has 0 bridgehead atoms. The second kappa shape index (κ2) is 9.61. The zero-order valence-corrected chi connectivity index (χ0v) is 17.4. The van der Waals surface area contributed by atoms with Gasteiger partial charge in [0.15, 0.2) is 0 Å². The molecule has 0 amide bonds. The Hall–Kier alpha value is -2.40. The summed E-state index contributed by atoms with van der Waals surface area (Å²) in [6, 6.07) is 9.47. The van der Waals surface area contributed by atoms with Crippen LogP contribution in [0.4, 0.5) is 10.1 Å². The number of nitrogens with zero attached hydrogens (tertiary/aromatic N) is 2. The molecule has 0 aliphatic carbocycles. The number of nitro groups is 1. The number of hydrogen-bond donors (Lipinski definition) is 1. The van der Waals surface area contributed by atoms with Gasteiger partial charge >= 0.3 is 0 Å². The molecule has 1 aliphatic rings. The van der Waals surface area contributed by atoms with Gasteiger partial charge in [0.05, 0.1) is 23.0 Å². The van der Waals surface area contributed by atoms with Crippen LogP contribution < -0.4 is 4.72 Å². The van der Waals surface area contributed by atoms with Gasteiger partial charge in [-0.1, -0.05) is 25.1 Å². The van der Waals surface area contributed by atoms with Gasteiger partial charge in [0.25, 0.3) is 5.69 Å². The van der Waals surface area contributed by atoms with Crippen molar-refractivity contribution in [2.75, 3.05) is 32.8 Å². The average molecular weight is 437 g/mol. The molecule has 0 saturated carbocycles. The van der Waals surface area contributed by atoms with Gasteiger partial charge in [0.2, 0.25) is 10.0 Å². The highest BCUT2D eigenvalue weighted by Gasteiger charge is 2.27. The van der Waals surface area contributed by atoms with Crippen molar-refractivity contribution >= 4 is 15.7 Å². The van der Waals surface area contributed by atoms with Crippen LogP contribution in [0.25, 0.3) is 0 Å². The third kappa shape index (κ3) is 5.20. The molecule has 2 aromatic carbocycles. The number of hydrogen-bond acceptors (Lipinski definition) is 6. The van der Waals surface area contributed by atoms with Crippen LogP contribution >= 0.6 is 0 Å². The lowest BCUT2D eigenvalue weighted by atomic mass is 10.0. The second-order valence-corrected chi connectivity index (χ2v) is 8.71. The maximum atomic E-state index is 13.4. The lowest BCUT2D eigenvalue weighted by Gasteiger charge is -2.35. The number of non-ortho nitro benzene ring substituents is 1. The van der Waals surface area contributed by atoms with Gasteiger partial charge in [0, 0.05) is 37.8 Å². The van der Waals surface area contributed by atoms with Gasteiger partial charge in [-0.3, -0.25) is 15.0 Å². The van der Waals surface area contributed by atoms with E-state index in [4.69, 9.17) is 4.74 Å². The Morgan fingerprint density at radius 3 is 2.47 bits per heavy atom. The number of sulfonamides is 1. The Morgan fingerprint density at radius 1 is 1.20 bits per heavy atom. The summed E-state index contributed by atoms with van der Waals surface area (Å²) in [5, 5.41) is 11.1. The molecule has 0 radical (unpaired) electrons. The molecule has 1 atom stereocenters. The Bertz CT molecular complexity index is 992. The largest absolute Gasteiger partial charge is 0.379 e. The van der Waals surface area contributed by atoms with Crippen LogP contribution in [0.5, 0.6) is 0 Å². The first-order chi connectivity index (χ1) is 14.3. The van der Waals surface area contributed by atoms with E-state index < -0.39 is 14.9 Å². The predicted octanol–water partition coefficient (Wildman–Crippen LogP) is 2.65. The van der Waals surface area contributed by atoms with Crippen LogP contribution in [0.15, 0.2) is 47.4 Å². The average Bonchev–Trinajstić information content (AvgIpc) is 2.75. The first-order valence-electron chi connectivity index (χ1n) is 9.66. The fourth-order valence-corrected chi connectivity index (χ4v) is 4.86. The molecule has 0 aromatic heterocycles. The van der Waals surface area contributed by atoms with Crippen LogP contribution in [0.3, 0.4) is 0 Å². The zero-order chi connectivity index (χ0) is 21.7. The molecule has 30 heavy (non-hydrogen) atoms. The topological polar surface area (TPSA) is 102 Å². The normalized spacial score (nSPS) is 16.3. The summed E-state index contributed by atoms with van der Waals surface area (Å²) in [5.41, 5.74) is 0.990. The van der Waals surface area contributed by atoms with Crippen LogP contribution in [-0.2, 0) is 21.2 Å². The first-order valence-corrected chi connectivity index (χ1v) is 11.1. The van der Waals surface area contributed by atoms with Crippen molar-refractivity contribution in [3.8, 4) is 0 Å². The summed E-state index contributed by atoms with van der Waals surface area (Å²) in [5.74, 6) is -0.371. The van der Waals surface area contributed by atoms with Gasteiger partial charge in [-0.2, -0.15) is 0 Å². The van der Waals surface area contributed by atoms with E-state index in [-0.39, 0.29) is 29.0 Å². The molecule has 1 saturated heterocycles. The molecule has 0 spiro atoms. The molecular weight excluding hydrogens is 413 g/mol. The van der Waals surface area contributed by atoms with Crippen LogP contribution in [0.1, 0.15) is 24.1 Å². The minimum atomic E-state index is -4.00. The van der Waals surface area contributed by atoms with E-state index in [0.29, 0.717) is 38.3 Å². The monoisotopic (exact) mass is 437 g/mol. The van der Waals surface area contributed by atoms with E-state index in [1.165, 1.54) is 24.3 Å². The highest BCUT2D eigenvalue weighted by molar-refractivity contribution is 7.89. The zero-order valence-electron chi connectivity index (χ0n) is 16.6. The number of nitro benzene ring substituents is 1. The number of nitrogens with one attached hydrogen (secondary N) is 1. The SMILES string of the molecule is CCc1ccc([N+](=O)[O-])cc1S(=O)(=O)NCC(c1ccc(F)cc1)N1CCOCC1.